The van der Waals surface area contributed by atoms with Crippen LogP contribution in [0.2, 0.25) is 0 Å². The van der Waals surface area contributed by atoms with E-state index in [1.54, 1.807) is 6.08 Å². The molecule has 0 saturated heterocycles. The van der Waals surface area contributed by atoms with Gasteiger partial charge in [-0.25, -0.2) is 0 Å². The average molecular weight is 334 g/mol. The molecule has 1 aliphatic rings. The molecule has 0 fully saturated rings. The molecule has 0 aromatic rings. The second-order valence-corrected chi connectivity index (χ2v) is 5.89. The van der Waals surface area contributed by atoms with E-state index in [9.17, 15) is 15.0 Å². The number of hydrogen-bond acceptors (Lipinski definition) is 4. The SMILES string of the molecule is CC/C=C\C/C=C\C[C@H](O)[C@H](O)/C=C/[C@@H]1C/C=C\CCCC(=O)O1. The van der Waals surface area contributed by atoms with Crippen LogP contribution >= 0.6 is 0 Å². The van der Waals surface area contributed by atoms with Crippen LogP contribution in [0.4, 0.5) is 0 Å². The fourth-order valence-corrected chi connectivity index (χ4v) is 2.28. The molecule has 24 heavy (non-hydrogen) atoms. The molecule has 4 nitrogen and oxygen atoms in total. The lowest BCUT2D eigenvalue weighted by Gasteiger charge is -2.15. The summed E-state index contributed by atoms with van der Waals surface area (Å²) in [6, 6.07) is 0. The fourth-order valence-electron chi connectivity index (χ4n) is 2.28. The van der Waals surface area contributed by atoms with Crippen molar-refractivity contribution in [3.05, 3.63) is 48.6 Å². The van der Waals surface area contributed by atoms with Crippen molar-refractivity contribution < 1.29 is 19.7 Å². The maximum Gasteiger partial charge on any atom is 0.306 e. The maximum atomic E-state index is 11.6. The molecule has 0 bridgehead atoms. The van der Waals surface area contributed by atoms with Gasteiger partial charge in [-0.3, -0.25) is 4.79 Å². The van der Waals surface area contributed by atoms with E-state index < -0.39 is 12.2 Å². The molecule has 4 heteroatoms. The van der Waals surface area contributed by atoms with Crippen LogP contribution in [0.5, 0.6) is 0 Å². The summed E-state index contributed by atoms with van der Waals surface area (Å²) in [6.07, 6.45) is 17.9. The lowest BCUT2D eigenvalue weighted by molar-refractivity contribution is -0.146. The largest absolute Gasteiger partial charge is 0.458 e. The Bertz CT molecular complexity index is 462. The van der Waals surface area contributed by atoms with Crippen molar-refractivity contribution in [2.75, 3.05) is 0 Å². The van der Waals surface area contributed by atoms with E-state index >= 15 is 0 Å². The number of esters is 1. The molecule has 0 saturated carbocycles. The Morgan fingerprint density at radius 1 is 1.25 bits per heavy atom. The third kappa shape index (κ3) is 9.48. The summed E-state index contributed by atoms with van der Waals surface area (Å²) >= 11 is 0. The van der Waals surface area contributed by atoms with Gasteiger partial charge in [-0.2, -0.15) is 0 Å². The first kappa shape index (κ1) is 20.4. The van der Waals surface area contributed by atoms with Gasteiger partial charge in [0, 0.05) is 12.8 Å². The predicted octanol–water partition coefficient (Wildman–Crippen LogP) is 3.61. The number of carbonyl (C=O) groups is 1. The number of rotatable bonds is 8. The number of ether oxygens (including phenoxy) is 1. The quantitative estimate of drug-likeness (QED) is 0.526. The van der Waals surface area contributed by atoms with Gasteiger partial charge in [0.25, 0.3) is 0 Å². The zero-order valence-corrected chi connectivity index (χ0v) is 14.5. The lowest BCUT2D eigenvalue weighted by atomic mass is 10.1. The summed E-state index contributed by atoms with van der Waals surface area (Å²) in [5, 5.41) is 19.9. The van der Waals surface area contributed by atoms with Crippen LogP contribution in [-0.4, -0.2) is 34.5 Å². The van der Waals surface area contributed by atoms with Crippen molar-refractivity contribution in [3.8, 4) is 0 Å². The molecule has 1 heterocycles. The van der Waals surface area contributed by atoms with Crippen molar-refractivity contribution in [1.29, 1.82) is 0 Å². The summed E-state index contributed by atoms with van der Waals surface area (Å²) < 4.78 is 5.35. The van der Waals surface area contributed by atoms with E-state index in [1.807, 2.05) is 24.3 Å². The number of allylic oxidation sites excluding steroid dienone is 4. The van der Waals surface area contributed by atoms with Gasteiger partial charge < -0.3 is 14.9 Å². The second kappa shape index (κ2) is 12.7. The van der Waals surface area contributed by atoms with E-state index in [0.29, 0.717) is 19.3 Å². The number of carbonyl (C=O) groups excluding carboxylic acids is 1. The van der Waals surface area contributed by atoms with Crippen LogP contribution in [0.15, 0.2) is 48.6 Å². The van der Waals surface area contributed by atoms with E-state index in [0.717, 1.165) is 25.7 Å². The summed E-state index contributed by atoms with van der Waals surface area (Å²) in [5.74, 6) is -0.216. The van der Waals surface area contributed by atoms with Crippen LogP contribution in [0.1, 0.15) is 51.9 Å². The van der Waals surface area contributed by atoms with Crippen molar-refractivity contribution in [2.45, 2.75) is 70.2 Å². The Morgan fingerprint density at radius 2 is 2.04 bits per heavy atom. The van der Waals surface area contributed by atoms with Gasteiger partial charge in [0.1, 0.15) is 6.10 Å². The molecule has 0 aliphatic carbocycles. The van der Waals surface area contributed by atoms with Gasteiger partial charge >= 0.3 is 5.97 Å². The molecule has 0 unspecified atom stereocenters. The summed E-state index contributed by atoms with van der Waals surface area (Å²) in [5.41, 5.74) is 0. The first-order chi connectivity index (χ1) is 11.6. The minimum absolute atomic E-state index is 0.216. The van der Waals surface area contributed by atoms with Crippen molar-refractivity contribution in [1.82, 2.24) is 0 Å². The van der Waals surface area contributed by atoms with Gasteiger partial charge in [-0.1, -0.05) is 49.5 Å². The topological polar surface area (TPSA) is 66.8 Å². The molecule has 134 valence electrons. The normalized spacial score (nSPS) is 23.8. The minimum Gasteiger partial charge on any atom is -0.458 e. The molecular formula is C20H30O4. The molecule has 0 spiro atoms. The van der Waals surface area contributed by atoms with Crippen LogP contribution in [0, 0.1) is 0 Å². The highest BCUT2D eigenvalue weighted by Crippen LogP contribution is 2.12. The van der Waals surface area contributed by atoms with Gasteiger partial charge in [-0.05, 0) is 38.2 Å². The minimum atomic E-state index is -0.976. The maximum absolute atomic E-state index is 11.6. The highest BCUT2D eigenvalue weighted by molar-refractivity contribution is 5.69. The highest BCUT2D eigenvalue weighted by Gasteiger charge is 2.15. The standard InChI is InChI=1S/C20H30O4/c1-2-3-4-5-6-10-13-18(21)19(22)16-15-17-12-9-7-8-11-14-20(23)24-17/h3-4,6-7,9-10,15-19,21-22H,2,5,8,11-14H2,1H3/b4-3-,9-7-,10-6-,16-15+/t17-,18-,19+/m0/s1. The average Bonchev–Trinajstić information content (AvgIpc) is 2.67. The first-order valence-electron chi connectivity index (χ1n) is 8.82. The zero-order valence-electron chi connectivity index (χ0n) is 14.5. The number of hydrogen-bond donors (Lipinski definition) is 2. The molecule has 0 amide bonds. The van der Waals surface area contributed by atoms with Crippen LogP contribution in [0.3, 0.4) is 0 Å². The van der Waals surface area contributed by atoms with E-state index in [2.05, 4.69) is 19.1 Å². The highest BCUT2D eigenvalue weighted by atomic mass is 16.5. The number of aliphatic hydroxyl groups excluding tert-OH is 2. The second-order valence-electron chi connectivity index (χ2n) is 5.89. The Hall–Kier alpha value is -1.65. The Morgan fingerprint density at radius 3 is 2.83 bits per heavy atom. The third-order valence-corrected chi connectivity index (χ3v) is 3.71. The predicted molar refractivity (Wildman–Crippen MR) is 96.4 cm³/mol. The number of aliphatic hydroxyl groups is 2. The third-order valence-electron chi connectivity index (χ3n) is 3.71. The molecular weight excluding hydrogens is 304 g/mol. The van der Waals surface area contributed by atoms with Crippen LogP contribution in [-0.2, 0) is 9.53 Å². The van der Waals surface area contributed by atoms with Crippen molar-refractivity contribution >= 4 is 5.97 Å². The van der Waals surface area contributed by atoms with Gasteiger partial charge in [0.2, 0.25) is 0 Å². The molecule has 0 aromatic carbocycles. The van der Waals surface area contributed by atoms with E-state index in [-0.39, 0.29) is 12.1 Å². The molecule has 1 rings (SSSR count). The molecule has 2 N–H and O–H groups in total. The Balaban J connectivity index is 2.42. The first-order valence-corrected chi connectivity index (χ1v) is 8.82. The van der Waals surface area contributed by atoms with Gasteiger partial charge in [0.05, 0.1) is 12.2 Å². The lowest BCUT2D eigenvalue weighted by Crippen LogP contribution is -2.24. The van der Waals surface area contributed by atoms with Crippen LogP contribution < -0.4 is 0 Å². The molecule has 3 atom stereocenters. The summed E-state index contributed by atoms with van der Waals surface area (Å²) in [4.78, 5) is 11.6. The Kier molecular flexibility index (Phi) is 10.8. The molecule has 0 radical (unpaired) electrons. The van der Waals surface area contributed by atoms with Gasteiger partial charge in [-0.15, -0.1) is 0 Å². The van der Waals surface area contributed by atoms with E-state index in [1.165, 1.54) is 6.08 Å². The number of cyclic esters (lactones) is 1. The summed E-state index contributed by atoms with van der Waals surface area (Å²) in [7, 11) is 0. The van der Waals surface area contributed by atoms with E-state index in [4.69, 9.17) is 4.74 Å². The zero-order chi connectivity index (χ0) is 17.6. The molecule has 0 aromatic heterocycles. The van der Waals surface area contributed by atoms with Crippen LogP contribution in [0.25, 0.3) is 0 Å². The Labute approximate surface area is 145 Å². The monoisotopic (exact) mass is 334 g/mol. The summed E-state index contributed by atoms with van der Waals surface area (Å²) in [6.45, 7) is 2.08. The van der Waals surface area contributed by atoms with Crippen molar-refractivity contribution in [2.24, 2.45) is 0 Å². The van der Waals surface area contributed by atoms with Crippen molar-refractivity contribution in [3.63, 3.8) is 0 Å². The fraction of sp³-hybridized carbons (Fsp3) is 0.550. The molecule has 1 aliphatic heterocycles. The van der Waals surface area contributed by atoms with Gasteiger partial charge in [0.15, 0.2) is 0 Å². The smallest absolute Gasteiger partial charge is 0.306 e.